The number of nitrogens with zero attached hydrogens (tertiary/aromatic N) is 1. The van der Waals surface area contributed by atoms with Crippen molar-refractivity contribution in [3.63, 3.8) is 0 Å². The Balaban J connectivity index is 1.74. The van der Waals surface area contributed by atoms with E-state index in [1.165, 1.54) is 0 Å². The Hall–Kier alpha value is -2.08. The molecule has 0 bridgehead atoms. The van der Waals surface area contributed by atoms with Gasteiger partial charge in [0.15, 0.2) is 0 Å². The fourth-order valence-corrected chi connectivity index (χ4v) is 3.99. The quantitative estimate of drug-likeness (QED) is 0.692. The SMILES string of the molecule is CCCCC(=O)Nc1ccc(N2CCC(C)CC2)c(C(=O)NC[C@H]2CCCO2)c1. The van der Waals surface area contributed by atoms with Gasteiger partial charge in [0.1, 0.15) is 0 Å². The highest BCUT2D eigenvalue weighted by Crippen LogP contribution is 2.29. The van der Waals surface area contributed by atoms with Crippen molar-refractivity contribution in [1.82, 2.24) is 5.32 Å². The van der Waals surface area contributed by atoms with Crippen molar-refractivity contribution >= 4 is 23.2 Å². The average Bonchev–Trinajstić information content (AvgIpc) is 3.25. The van der Waals surface area contributed by atoms with Crippen LogP contribution in [-0.2, 0) is 9.53 Å². The zero-order valence-corrected chi connectivity index (χ0v) is 17.8. The van der Waals surface area contributed by atoms with Crippen LogP contribution >= 0.6 is 0 Å². The number of rotatable bonds is 8. The van der Waals surface area contributed by atoms with Gasteiger partial charge >= 0.3 is 0 Å². The minimum Gasteiger partial charge on any atom is -0.376 e. The van der Waals surface area contributed by atoms with Gasteiger partial charge in [0.25, 0.3) is 5.91 Å². The van der Waals surface area contributed by atoms with Crippen LogP contribution in [0.15, 0.2) is 18.2 Å². The van der Waals surface area contributed by atoms with E-state index in [4.69, 9.17) is 4.74 Å². The molecule has 29 heavy (non-hydrogen) atoms. The number of piperidine rings is 1. The van der Waals surface area contributed by atoms with Gasteiger partial charge in [-0.3, -0.25) is 9.59 Å². The third-order valence-electron chi connectivity index (χ3n) is 5.92. The predicted octanol–water partition coefficient (Wildman–Crippen LogP) is 3.96. The highest BCUT2D eigenvalue weighted by Gasteiger charge is 2.23. The Morgan fingerprint density at radius 1 is 1.21 bits per heavy atom. The van der Waals surface area contributed by atoms with E-state index in [1.54, 1.807) is 0 Å². The van der Waals surface area contributed by atoms with Gasteiger partial charge in [-0.05, 0) is 56.2 Å². The Labute approximate surface area is 174 Å². The fourth-order valence-electron chi connectivity index (χ4n) is 3.99. The normalized spacial score (nSPS) is 19.9. The summed E-state index contributed by atoms with van der Waals surface area (Å²) in [7, 11) is 0. The summed E-state index contributed by atoms with van der Waals surface area (Å²) in [4.78, 5) is 27.5. The van der Waals surface area contributed by atoms with E-state index in [-0.39, 0.29) is 17.9 Å². The number of hydrogen-bond donors (Lipinski definition) is 2. The van der Waals surface area contributed by atoms with Gasteiger partial charge in [-0.25, -0.2) is 0 Å². The van der Waals surface area contributed by atoms with E-state index in [9.17, 15) is 9.59 Å². The Kier molecular flexibility index (Phi) is 7.92. The Morgan fingerprint density at radius 3 is 2.69 bits per heavy atom. The predicted molar refractivity (Wildman–Crippen MR) is 117 cm³/mol. The van der Waals surface area contributed by atoms with Gasteiger partial charge in [-0.1, -0.05) is 20.3 Å². The van der Waals surface area contributed by atoms with E-state index < -0.39 is 0 Å². The molecule has 6 nitrogen and oxygen atoms in total. The summed E-state index contributed by atoms with van der Waals surface area (Å²) in [5, 5.41) is 5.98. The number of benzene rings is 1. The van der Waals surface area contributed by atoms with E-state index in [0.29, 0.717) is 24.2 Å². The first-order valence-corrected chi connectivity index (χ1v) is 11.2. The van der Waals surface area contributed by atoms with Crippen molar-refractivity contribution in [1.29, 1.82) is 0 Å². The fraction of sp³-hybridized carbons (Fsp3) is 0.652. The maximum atomic E-state index is 13.0. The molecule has 2 saturated heterocycles. The van der Waals surface area contributed by atoms with Crippen molar-refractivity contribution in [3.05, 3.63) is 23.8 Å². The first-order chi connectivity index (χ1) is 14.1. The van der Waals surface area contributed by atoms with Gasteiger partial charge < -0.3 is 20.3 Å². The molecular formula is C23H35N3O3. The summed E-state index contributed by atoms with van der Waals surface area (Å²) < 4.78 is 5.63. The number of nitrogens with one attached hydrogen (secondary N) is 2. The molecule has 0 aliphatic carbocycles. The van der Waals surface area contributed by atoms with Crippen molar-refractivity contribution in [2.45, 2.75) is 64.9 Å². The second kappa shape index (κ2) is 10.6. The smallest absolute Gasteiger partial charge is 0.253 e. The topological polar surface area (TPSA) is 70.7 Å². The molecule has 1 aromatic carbocycles. The van der Waals surface area contributed by atoms with E-state index >= 15 is 0 Å². The van der Waals surface area contributed by atoms with Crippen molar-refractivity contribution < 1.29 is 14.3 Å². The number of unbranched alkanes of at least 4 members (excludes halogenated alkanes) is 1. The first-order valence-electron chi connectivity index (χ1n) is 11.2. The highest BCUT2D eigenvalue weighted by molar-refractivity contribution is 6.02. The van der Waals surface area contributed by atoms with Gasteiger partial charge in [-0.15, -0.1) is 0 Å². The number of hydrogen-bond acceptors (Lipinski definition) is 4. The van der Waals surface area contributed by atoms with Crippen LogP contribution in [-0.4, -0.2) is 44.2 Å². The van der Waals surface area contributed by atoms with Gasteiger partial charge in [0.05, 0.1) is 11.7 Å². The third kappa shape index (κ3) is 6.20. The van der Waals surface area contributed by atoms with Crippen LogP contribution in [0.25, 0.3) is 0 Å². The highest BCUT2D eigenvalue weighted by atomic mass is 16.5. The van der Waals surface area contributed by atoms with E-state index in [2.05, 4.69) is 29.4 Å². The minimum absolute atomic E-state index is 0.00267. The monoisotopic (exact) mass is 401 g/mol. The second-order valence-electron chi connectivity index (χ2n) is 8.40. The lowest BCUT2D eigenvalue weighted by Crippen LogP contribution is -2.36. The van der Waals surface area contributed by atoms with Gasteiger partial charge in [0, 0.05) is 44.0 Å². The molecular weight excluding hydrogens is 366 g/mol. The molecule has 0 saturated carbocycles. The molecule has 0 spiro atoms. The van der Waals surface area contributed by atoms with Crippen LogP contribution in [0.4, 0.5) is 11.4 Å². The molecule has 1 atom stereocenters. The molecule has 0 unspecified atom stereocenters. The molecule has 2 N–H and O–H groups in total. The lowest BCUT2D eigenvalue weighted by molar-refractivity contribution is -0.116. The summed E-state index contributed by atoms with van der Waals surface area (Å²) in [6.45, 7) is 7.56. The molecule has 1 aromatic rings. The summed E-state index contributed by atoms with van der Waals surface area (Å²) in [6.07, 6.45) is 6.76. The summed E-state index contributed by atoms with van der Waals surface area (Å²) in [5.41, 5.74) is 2.27. The number of carbonyl (C=O) groups is 2. The molecule has 2 fully saturated rings. The lowest BCUT2D eigenvalue weighted by Gasteiger charge is -2.33. The summed E-state index contributed by atoms with van der Waals surface area (Å²) in [6, 6.07) is 5.71. The number of carbonyl (C=O) groups excluding carboxylic acids is 2. The average molecular weight is 402 g/mol. The molecule has 160 valence electrons. The van der Waals surface area contributed by atoms with Crippen LogP contribution in [0.1, 0.15) is 69.2 Å². The van der Waals surface area contributed by atoms with Crippen LogP contribution in [0.5, 0.6) is 0 Å². The molecule has 2 amide bonds. The molecule has 3 rings (SSSR count). The maximum absolute atomic E-state index is 13.0. The van der Waals surface area contributed by atoms with E-state index in [0.717, 1.165) is 69.8 Å². The van der Waals surface area contributed by atoms with Gasteiger partial charge in [0.2, 0.25) is 5.91 Å². The largest absolute Gasteiger partial charge is 0.376 e. The van der Waals surface area contributed by atoms with Crippen LogP contribution in [0.3, 0.4) is 0 Å². The van der Waals surface area contributed by atoms with Crippen molar-refractivity contribution in [2.75, 3.05) is 36.5 Å². The standard InChI is InChI=1S/C23H35N3O3/c1-3-4-7-22(27)25-18-8-9-21(26-12-10-17(2)11-13-26)20(15-18)23(28)24-16-19-6-5-14-29-19/h8-9,15,17,19H,3-7,10-14,16H2,1-2H3,(H,24,28)(H,25,27)/t19-/m1/s1. The summed E-state index contributed by atoms with van der Waals surface area (Å²) in [5.74, 6) is 0.621. The number of amides is 2. The van der Waals surface area contributed by atoms with Crippen LogP contribution in [0, 0.1) is 5.92 Å². The van der Waals surface area contributed by atoms with Crippen molar-refractivity contribution in [2.24, 2.45) is 5.92 Å². The van der Waals surface area contributed by atoms with Crippen LogP contribution in [0.2, 0.25) is 0 Å². The van der Waals surface area contributed by atoms with Crippen molar-refractivity contribution in [3.8, 4) is 0 Å². The molecule has 2 aliphatic heterocycles. The number of ether oxygens (including phenoxy) is 1. The molecule has 2 heterocycles. The zero-order chi connectivity index (χ0) is 20.6. The van der Waals surface area contributed by atoms with Crippen LogP contribution < -0.4 is 15.5 Å². The third-order valence-corrected chi connectivity index (χ3v) is 5.92. The summed E-state index contributed by atoms with van der Waals surface area (Å²) >= 11 is 0. The number of anilines is 2. The molecule has 0 radical (unpaired) electrons. The Morgan fingerprint density at radius 2 is 2.00 bits per heavy atom. The van der Waals surface area contributed by atoms with E-state index in [1.807, 2.05) is 18.2 Å². The van der Waals surface area contributed by atoms with Gasteiger partial charge in [-0.2, -0.15) is 0 Å². The maximum Gasteiger partial charge on any atom is 0.253 e. The second-order valence-corrected chi connectivity index (χ2v) is 8.40. The zero-order valence-electron chi connectivity index (χ0n) is 17.8. The Bertz CT molecular complexity index is 693. The first kappa shape index (κ1) is 21.6. The molecule has 0 aromatic heterocycles. The minimum atomic E-state index is -0.0984. The lowest BCUT2D eigenvalue weighted by atomic mass is 9.97. The molecule has 2 aliphatic rings. The molecule has 6 heteroatoms.